The average molecular weight is 405 g/mol. The highest BCUT2D eigenvalue weighted by Gasteiger charge is 2.21. The highest BCUT2D eigenvalue weighted by atomic mass is 16.2. The Balaban J connectivity index is 1.90. The number of unbranched alkanes of at least 4 members (excludes halogenated alkanes) is 1. The molecule has 30 heavy (non-hydrogen) atoms. The zero-order valence-corrected chi connectivity index (χ0v) is 17.1. The summed E-state index contributed by atoms with van der Waals surface area (Å²) < 4.78 is 2.31. The molecular weight excluding hydrogens is 382 g/mol. The second-order valence-corrected chi connectivity index (χ2v) is 7.73. The summed E-state index contributed by atoms with van der Waals surface area (Å²) in [6, 6.07) is 5.93. The van der Waals surface area contributed by atoms with Crippen LogP contribution in [-0.4, -0.2) is 14.1 Å². The molecule has 0 radical (unpaired) electrons. The molecule has 154 valence electrons. The number of hydrogen-bond acceptors (Lipinski definition) is 5. The van der Waals surface area contributed by atoms with Crippen molar-refractivity contribution in [3.8, 4) is 5.69 Å². The third-order valence-electron chi connectivity index (χ3n) is 5.88. The van der Waals surface area contributed by atoms with Crippen LogP contribution < -0.4 is 22.2 Å². The first kappa shape index (κ1) is 19.9. The van der Waals surface area contributed by atoms with E-state index in [-0.39, 0.29) is 27.5 Å². The van der Waals surface area contributed by atoms with Gasteiger partial charge in [0.15, 0.2) is 0 Å². The van der Waals surface area contributed by atoms with Gasteiger partial charge in [0.25, 0.3) is 22.2 Å². The van der Waals surface area contributed by atoms with E-state index in [2.05, 4.69) is 18.8 Å². The van der Waals surface area contributed by atoms with Gasteiger partial charge < -0.3 is 0 Å². The fourth-order valence-corrected chi connectivity index (χ4v) is 4.09. The summed E-state index contributed by atoms with van der Waals surface area (Å²) in [4.78, 5) is 55.6. The molecule has 1 unspecified atom stereocenters. The monoisotopic (exact) mass is 405 g/mol. The summed E-state index contributed by atoms with van der Waals surface area (Å²) in [6.07, 6.45) is 6.92. The van der Waals surface area contributed by atoms with Crippen LogP contribution in [-0.2, 0) is 6.54 Å². The third kappa shape index (κ3) is 3.10. The maximum atomic E-state index is 13.0. The lowest BCUT2D eigenvalue weighted by atomic mass is 9.99. The maximum Gasteiger partial charge on any atom is 0.266 e. The number of pyridine rings is 1. The van der Waals surface area contributed by atoms with Crippen LogP contribution in [0.5, 0.6) is 0 Å². The Morgan fingerprint density at radius 3 is 1.87 bits per heavy atom. The van der Waals surface area contributed by atoms with Crippen molar-refractivity contribution < 1.29 is 0 Å². The molecule has 0 bridgehead atoms. The van der Waals surface area contributed by atoms with Crippen molar-refractivity contribution in [2.24, 2.45) is 5.92 Å². The zero-order valence-electron chi connectivity index (χ0n) is 17.1. The van der Waals surface area contributed by atoms with Crippen LogP contribution in [0.1, 0.15) is 39.5 Å². The van der Waals surface area contributed by atoms with Crippen LogP contribution in [0, 0.1) is 5.92 Å². The van der Waals surface area contributed by atoms with Gasteiger partial charge in [0.05, 0.1) is 27.2 Å². The molecule has 0 saturated carbocycles. The van der Waals surface area contributed by atoms with Gasteiger partial charge in [-0.2, -0.15) is 0 Å². The van der Waals surface area contributed by atoms with Gasteiger partial charge >= 0.3 is 0 Å². The Morgan fingerprint density at radius 2 is 1.37 bits per heavy atom. The van der Waals surface area contributed by atoms with Gasteiger partial charge in [-0.1, -0.05) is 33.1 Å². The standard InChI is InChI=1S/C23H23N3O4/c1-3-5-6-14(4-2)13-25-20(27)16-11-18-19(12-17(16)21(25)28)23(30)26(22(18)29)15-7-9-24-10-8-15/h7-12,14H,3-6,13H2,1-2H3. The van der Waals surface area contributed by atoms with E-state index in [0.29, 0.717) is 12.2 Å². The van der Waals surface area contributed by atoms with Crippen molar-refractivity contribution in [3.05, 3.63) is 78.1 Å². The van der Waals surface area contributed by atoms with Crippen LogP contribution in [0.4, 0.5) is 0 Å². The summed E-state index contributed by atoms with van der Waals surface area (Å²) in [5.41, 5.74) is -1.39. The molecule has 7 nitrogen and oxygen atoms in total. The van der Waals surface area contributed by atoms with Crippen molar-refractivity contribution >= 4 is 21.5 Å². The number of rotatable bonds is 7. The maximum absolute atomic E-state index is 13.0. The molecule has 0 aliphatic rings. The molecule has 3 aromatic heterocycles. The third-order valence-corrected chi connectivity index (χ3v) is 5.88. The topological polar surface area (TPSA) is 91.0 Å². The van der Waals surface area contributed by atoms with Crippen LogP contribution in [0.2, 0.25) is 0 Å². The van der Waals surface area contributed by atoms with Gasteiger partial charge in [-0.25, -0.2) is 4.57 Å². The van der Waals surface area contributed by atoms with E-state index in [1.54, 1.807) is 12.1 Å². The molecule has 0 fully saturated rings. The van der Waals surface area contributed by atoms with Crippen molar-refractivity contribution in [2.75, 3.05) is 0 Å². The zero-order chi connectivity index (χ0) is 21.4. The van der Waals surface area contributed by atoms with Gasteiger partial charge in [0.2, 0.25) is 0 Å². The van der Waals surface area contributed by atoms with E-state index in [0.717, 1.165) is 30.3 Å². The Bertz CT molecular complexity index is 1340. The second-order valence-electron chi connectivity index (χ2n) is 7.73. The van der Waals surface area contributed by atoms with E-state index in [4.69, 9.17) is 0 Å². The molecule has 0 aliphatic carbocycles. The lowest BCUT2D eigenvalue weighted by Gasteiger charge is -2.13. The molecule has 4 rings (SSSR count). The van der Waals surface area contributed by atoms with Crippen LogP contribution in [0.25, 0.3) is 27.2 Å². The Morgan fingerprint density at radius 1 is 0.833 bits per heavy atom. The predicted molar refractivity (Wildman–Crippen MR) is 117 cm³/mol. The first-order valence-corrected chi connectivity index (χ1v) is 10.3. The summed E-state index contributed by atoms with van der Waals surface area (Å²) in [5.74, 6) is 0.240. The number of fused-ring (bicyclic) bond motifs is 2. The highest BCUT2D eigenvalue weighted by molar-refractivity contribution is 5.98. The lowest BCUT2D eigenvalue weighted by molar-refractivity contribution is 0.384. The fraction of sp³-hybridized carbons (Fsp3) is 0.348. The van der Waals surface area contributed by atoms with Gasteiger partial charge in [-0.05, 0) is 36.6 Å². The SMILES string of the molecule is CCCCC(CC)Cn1c(=O)c2cc3c(=O)n(-c4ccncc4)c(=O)c3cc2c1=O. The van der Waals surface area contributed by atoms with Crippen LogP contribution in [0.3, 0.4) is 0 Å². The number of benzene rings is 1. The minimum atomic E-state index is -0.503. The molecule has 4 aromatic rings. The largest absolute Gasteiger partial charge is 0.274 e. The molecule has 7 heteroatoms. The molecular formula is C23H23N3O4. The minimum Gasteiger partial charge on any atom is -0.274 e. The Hall–Kier alpha value is -3.35. The molecule has 0 N–H and O–H groups in total. The molecule has 0 saturated heterocycles. The van der Waals surface area contributed by atoms with Gasteiger partial charge in [-0.3, -0.25) is 28.7 Å². The predicted octanol–water partition coefficient (Wildman–Crippen LogP) is 2.51. The van der Waals surface area contributed by atoms with Crippen molar-refractivity contribution in [2.45, 2.75) is 46.1 Å². The molecule has 0 amide bonds. The molecule has 1 atom stereocenters. The van der Waals surface area contributed by atoms with Gasteiger partial charge in [0, 0.05) is 18.9 Å². The second kappa shape index (κ2) is 7.82. The van der Waals surface area contributed by atoms with E-state index in [1.165, 1.54) is 29.1 Å². The van der Waals surface area contributed by atoms with Gasteiger partial charge in [0.1, 0.15) is 0 Å². The summed E-state index contributed by atoms with van der Waals surface area (Å²) >= 11 is 0. The fourth-order valence-electron chi connectivity index (χ4n) is 4.09. The summed E-state index contributed by atoms with van der Waals surface area (Å²) in [7, 11) is 0. The average Bonchev–Trinajstić information content (AvgIpc) is 3.15. The smallest absolute Gasteiger partial charge is 0.266 e. The van der Waals surface area contributed by atoms with E-state index < -0.39 is 22.2 Å². The van der Waals surface area contributed by atoms with E-state index in [9.17, 15) is 19.2 Å². The summed E-state index contributed by atoms with van der Waals surface area (Å²) in [5, 5.41) is 0.691. The van der Waals surface area contributed by atoms with E-state index >= 15 is 0 Å². The van der Waals surface area contributed by atoms with Crippen molar-refractivity contribution in [1.29, 1.82) is 0 Å². The normalized spacial score (nSPS) is 12.7. The molecule has 1 aromatic carbocycles. The van der Waals surface area contributed by atoms with Crippen LogP contribution in [0.15, 0.2) is 55.8 Å². The van der Waals surface area contributed by atoms with Gasteiger partial charge in [-0.15, -0.1) is 0 Å². The Labute approximate surface area is 171 Å². The highest BCUT2D eigenvalue weighted by Crippen LogP contribution is 2.18. The van der Waals surface area contributed by atoms with Crippen LogP contribution >= 0.6 is 0 Å². The molecule has 0 spiro atoms. The number of aromatic nitrogens is 3. The first-order valence-electron chi connectivity index (χ1n) is 10.3. The Kier molecular flexibility index (Phi) is 5.20. The molecule has 0 aliphatic heterocycles. The lowest BCUT2D eigenvalue weighted by Crippen LogP contribution is -2.29. The first-order chi connectivity index (χ1) is 14.5. The summed E-state index contributed by atoms with van der Waals surface area (Å²) in [6.45, 7) is 4.52. The van der Waals surface area contributed by atoms with E-state index in [1.807, 2.05) is 0 Å². The minimum absolute atomic E-state index is 0.150. The van der Waals surface area contributed by atoms with Crippen molar-refractivity contribution in [3.63, 3.8) is 0 Å². The number of hydrogen-bond donors (Lipinski definition) is 0. The molecule has 3 heterocycles. The quantitative estimate of drug-likeness (QED) is 0.471. The van der Waals surface area contributed by atoms with Crippen molar-refractivity contribution in [1.82, 2.24) is 14.1 Å². The number of nitrogens with zero attached hydrogens (tertiary/aromatic N) is 3.